The normalized spacial score (nSPS) is 10.2. The van der Waals surface area contributed by atoms with Gasteiger partial charge in [0.1, 0.15) is 5.82 Å². The minimum atomic E-state index is -0.146. The van der Waals surface area contributed by atoms with E-state index in [2.05, 4.69) is 15.3 Å². The predicted octanol–water partition coefficient (Wildman–Crippen LogP) is 2.44. The highest BCUT2D eigenvalue weighted by Gasteiger charge is 2.14. The van der Waals surface area contributed by atoms with Gasteiger partial charge in [-0.1, -0.05) is 17.7 Å². The van der Waals surface area contributed by atoms with Crippen LogP contribution < -0.4 is 5.32 Å². The predicted molar refractivity (Wildman–Crippen MR) is 78.8 cm³/mol. The molecule has 0 atom stereocenters. The Labute approximate surface area is 122 Å². The zero-order chi connectivity index (χ0) is 14.5. The Hall–Kier alpha value is -2.14. The number of carbonyl (C=O) groups is 1. The molecular formula is C14H15ClN4O. The summed E-state index contributed by atoms with van der Waals surface area (Å²) in [5, 5.41) is 3.27. The first-order chi connectivity index (χ1) is 9.61. The molecule has 0 saturated carbocycles. The number of halogens is 1. The molecule has 5 nitrogen and oxygen atoms in total. The minimum Gasteiger partial charge on any atom is -0.372 e. The fourth-order valence-electron chi connectivity index (χ4n) is 1.77. The van der Waals surface area contributed by atoms with E-state index in [1.165, 1.54) is 6.20 Å². The van der Waals surface area contributed by atoms with Crippen molar-refractivity contribution in [1.82, 2.24) is 14.9 Å². The summed E-state index contributed by atoms with van der Waals surface area (Å²) in [6.07, 6.45) is 3.21. The number of amides is 1. The third kappa shape index (κ3) is 3.24. The van der Waals surface area contributed by atoms with E-state index in [0.717, 1.165) is 5.69 Å². The third-order valence-corrected chi connectivity index (χ3v) is 3.09. The molecule has 104 valence electrons. The second kappa shape index (κ2) is 6.34. The molecule has 6 heteroatoms. The largest absolute Gasteiger partial charge is 0.372 e. The van der Waals surface area contributed by atoms with E-state index < -0.39 is 0 Å². The van der Waals surface area contributed by atoms with E-state index >= 15 is 0 Å². The average Bonchev–Trinajstić information content (AvgIpc) is 2.47. The zero-order valence-corrected chi connectivity index (χ0v) is 12.1. The van der Waals surface area contributed by atoms with Crippen molar-refractivity contribution in [3.8, 4) is 0 Å². The maximum atomic E-state index is 12.3. The van der Waals surface area contributed by atoms with Gasteiger partial charge in [0.15, 0.2) is 0 Å². The maximum Gasteiger partial charge on any atom is 0.255 e. The van der Waals surface area contributed by atoms with E-state index in [1.54, 1.807) is 31.3 Å². The van der Waals surface area contributed by atoms with Gasteiger partial charge in [0.05, 0.1) is 22.8 Å². The Morgan fingerprint density at radius 2 is 2.20 bits per heavy atom. The van der Waals surface area contributed by atoms with Gasteiger partial charge < -0.3 is 10.2 Å². The molecule has 0 aliphatic rings. The van der Waals surface area contributed by atoms with E-state index in [-0.39, 0.29) is 5.91 Å². The highest BCUT2D eigenvalue weighted by atomic mass is 35.5. The lowest BCUT2D eigenvalue weighted by Crippen LogP contribution is -2.26. The van der Waals surface area contributed by atoms with Crippen LogP contribution in [0.15, 0.2) is 36.7 Å². The molecule has 0 aliphatic heterocycles. The molecule has 2 aromatic rings. The lowest BCUT2D eigenvalue weighted by molar-refractivity contribution is 0.0783. The summed E-state index contributed by atoms with van der Waals surface area (Å²) in [4.78, 5) is 22.2. The lowest BCUT2D eigenvalue weighted by Gasteiger charge is -2.17. The van der Waals surface area contributed by atoms with Crippen LogP contribution >= 0.6 is 11.6 Å². The fourth-order valence-corrected chi connectivity index (χ4v) is 2.03. The Bertz CT molecular complexity index is 603. The summed E-state index contributed by atoms with van der Waals surface area (Å²) >= 11 is 6.03. The third-order valence-electron chi connectivity index (χ3n) is 2.80. The van der Waals surface area contributed by atoms with E-state index in [9.17, 15) is 4.79 Å². The van der Waals surface area contributed by atoms with Crippen LogP contribution in [0.1, 0.15) is 16.1 Å². The Balaban J connectivity index is 2.12. The molecule has 0 saturated heterocycles. The second-order valence-corrected chi connectivity index (χ2v) is 4.69. The molecular weight excluding hydrogens is 276 g/mol. The van der Waals surface area contributed by atoms with Gasteiger partial charge in [0, 0.05) is 26.5 Å². The van der Waals surface area contributed by atoms with Crippen LogP contribution in [0.25, 0.3) is 0 Å². The number of anilines is 1. The van der Waals surface area contributed by atoms with Crippen LogP contribution in [-0.4, -0.2) is 34.9 Å². The van der Waals surface area contributed by atoms with Crippen LogP contribution in [0.3, 0.4) is 0 Å². The van der Waals surface area contributed by atoms with Gasteiger partial charge in [-0.3, -0.25) is 9.78 Å². The molecule has 1 amide bonds. The summed E-state index contributed by atoms with van der Waals surface area (Å²) < 4.78 is 0. The lowest BCUT2D eigenvalue weighted by atomic mass is 10.2. The van der Waals surface area contributed by atoms with Gasteiger partial charge in [-0.05, 0) is 18.2 Å². The van der Waals surface area contributed by atoms with Crippen LogP contribution in [0.4, 0.5) is 5.82 Å². The Morgan fingerprint density at radius 1 is 1.40 bits per heavy atom. The van der Waals surface area contributed by atoms with E-state index in [1.807, 2.05) is 18.2 Å². The number of aromatic nitrogens is 2. The van der Waals surface area contributed by atoms with Crippen molar-refractivity contribution < 1.29 is 4.79 Å². The summed E-state index contributed by atoms with van der Waals surface area (Å²) in [6, 6.07) is 7.21. The highest BCUT2D eigenvalue weighted by molar-refractivity contribution is 6.33. The van der Waals surface area contributed by atoms with Crippen molar-refractivity contribution in [3.63, 3.8) is 0 Å². The van der Waals surface area contributed by atoms with Crippen LogP contribution in [-0.2, 0) is 6.54 Å². The van der Waals surface area contributed by atoms with Gasteiger partial charge in [-0.25, -0.2) is 4.98 Å². The molecule has 2 heterocycles. The van der Waals surface area contributed by atoms with E-state index in [0.29, 0.717) is 22.9 Å². The SMILES string of the molecule is CNc1ncc(C(=O)N(C)Cc2ccccn2)cc1Cl. The molecule has 0 fully saturated rings. The average molecular weight is 291 g/mol. The maximum absolute atomic E-state index is 12.3. The molecule has 0 bridgehead atoms. The highest BCUT2D eigenvalue weighted by Crippen LogP contribution is 2.20. The quantitative estimate of drug-likeness (QED) is 0.940. The number of nitrogens with one attached hydrogen (secondary N) is 1. The molecule has 0 spiro atoms. The summed E-state index contributed by atoms with van der Waals surface area (Å²) in [5.41, 5.74) is 1.28. The number of pyridine rings is 2. The molecule has 0 aliphatic carbocycles. The fraction of sp³-hybridized carbons (Fsp3) is 0.214. The standard InChI is InChI=1S/C14H15ClN4O/c1-16-13-12(15)7-10(8-18-13)14(20)19(2)9-11-5-3-4-6-17-11/h3-8H,9H2,1-2H3,(H,16,18). The van der Waals surface area contributed by atoms with Crippen molar-refractivity contribution in [2.45, 2.75) is 6.54 Å². The van der Waals surface area contributed by atoms with Crippen molar-refractivity contribution in [2.24, 2.45) is 0 Å². The zero-order valence-electron chi connectivity index (χ0n) is 11.3. The van der Waals surface area contributed by atoms with Gasteiger partial charge in [0.25, 0.3) is 5.91 Å². The molecule has 2 aromatic heterocycles. The number of nitrogens with zero attached hydrogens (tertiary/aromatic N) is 3. The molecule has 0 unspecified atom stereocenters. The molecule has 0 radical (unpaired) electrons. The van der Waals surface area contributed by atoms with Gasteiger partial charge in [-0.15, -0.1) is 0 Å². The molecule has 1 N–H and O–H groups in total. The van der Waals surface area contributed by atoms with Crippen molar-refractivity contribution in [1.29, 1.82) is 0 Å². The Kier molecular flexibility index (Phi) is 4.53. The van der Waals surface area contributed by atoms with Gasteiger partial charge in [-0.2, -0.15) is 0 Å². The second-order valence-electron chi connectivity index (χ2n) is 4.29. The summed E-state index contributed by atoms with van der Waals surface area (Å²) in [7, 11) is 3.44. The minimum absolute atomic E-state index is 0.146. The molecule has 2 rings (SSSR count). The monoisotopic (exact) mass is 290 g/mol. The first-order valence-corrected chi connectivity index (χ1v) is 6.48. The van der Waals surface area contributed by atoms with Crippen LogP contribution in [0.2, 0.25) is 5.02 Å². The molecule has 20 heavy (non-hydrogen) atoms. The first kappa shape index (κ1) is 14.3. The van der Waals surface area contributed by atoms with Crippen LogP contribution in [0.5, 0.6) is 0 Å². The van der Waals surface area contributed by atoms with Gasteiger partial charge in [0.2, 0.25) is 0 Å². The van der Waals surface area contributed by atoms with Crippen molar-refractivity contribution in [2.75, 3.05) is 19.4 Å². The van der Waals surface area contributed by atoms with Crippen LogP contribution in [0, 0.1) is 0 Å². The number of rotatable bonds is 4. The molecule has 0 aromatic carbocycles. The van der Waals surface area contributed by atoms with Gasteiger partial charge >= 0.3 is 0 Å². The topological polar surface area (TPSA) is 58.1 Å². The number of hydrogen-bond acceptors (Lipinski definition) is 4. The number of hydrogen-bond donors (Lipinski definition) is 1. The first-order valence-electron chi connectivity index (χ1n) is 6.10. The summed E-state index contributed by atoms with van der Waals surface area (Å²) in [6.45, 7) is 0.436. The van der Waals surface area contributed by atoms with Crippen molar-refractivity contribution >= 4 is 23.3 Å². The number of carbonyl (C=O) groups excluding carboxylic acids is 1. The smallest absolute Gasteiger partial charge is 0.255 e. The Morgan fingerprint density at radius 3 is 2.80 bits per heavy atom. The van der Waals surface area contributed by atoms with E-state index in [4.69, 9.17) is 11.6 Å². The summed E-state index contributed by atoms with van der Waals surface area (Å²) in [5.74, 6) is 0.406. The van der Waals surface area contributed by atoms with Crippen molar-refractivity contribution in [3.05, 3.63) is 52.9 Å².